The fourth-order valence-electron chi connectivity index (χ4n) is 2.45. The summed E-state index contributed by atoms with van der Waals surface area (Å²) in [7, 11) is 0. The minimum absolute atomic E-state index is 0.499. The molecular formula is C16H18N4O. The van der Waals surface area contributed by atoms with E-state index in [4.69, 9.17) is 0 Å². The third-order valence-corrected chi connectivity index (χ3v) is 3.52. The molecule has 21 heavy (non-hydrogen) atoms. The van der Waals surface area contributed by atoms with Crippen molar-refractivity contribution in [1.29, 1.82) is 0 Å². The van der Waals surface area contributed by atoms with Crippen LogP contribution >= 0.6 is 0 Å². The lowest BCUT2D eigenvalue weighted by atomic mass is 10.1. The van der Waals surface area contributed by atoms with Crippen LogP contribution in [0.5, 0.6) is 0 Å². The van der Waals surface area contributed by atoms with Crippen molar-refractivity contribution < 1.29 is 5.11 Å². The molecule has 1 N–H and O–H groups in total. The zero-order valence-corrected chi connectivity index (χ0v) is 12.0. The quantitative estimate of drug-likeness (QED) is 0.781. The van der Waals surface area contributed by atoms with Crippen LogP contribution in [0.1, 0.15) is 30.8 Å². The summed E-state index contributed by atoms with van der Waals surface area (Å²) in [6.07, 6.45) is 8.02. The minimum atomic E-state index is -0.589. The summed E-state index contributed by atoms with van der Waals surface area (Å²) in [5, 5.41) is 10.4. The second-order valence-corrected chi connectivity index (χ2v) is 5.06. The molecular weight excluding hydrogens is 264 g/mol. The fourth-order valence-corrected chi connectivity index (χ4v) is 2.45. The molecule has 0 aliphatic heterocycles. The van der Waals surface area contributed by atoms with Gasteiger partial charge in [0.25, 0.3) is 0 Å². The summed E-state index contributed by atoms with van der Waals surface area (Å²) in [5.41, 5.74) is 2.47. The van der Waals surface area contributed by atoms with E-state index in [1.807, 2.05) is 24.4 Å². The van der Waals surface area contributed by atoms with Crippen LogP contribution in [0.2, 0.25) is 0 Å². The van der Waals surface area contributed by atoms with Crippen molar-refractivity contribution >= 4 is 11.0 Å². The lowest BCUT2D eigenvalue weighted by Crippen LogP contribution is -2.09. The average molecular weight is 282 g/mol. The molecule has 5 heteroatoms. The molecule has 0 fully saturated rings. The largest absolute Gasteiger partial charge is 0.388 e. The first-order chi connectivity index (χ1) is 10.3. The summed E-state index contributed by atoms with van der Waals surface area (Å²) < 4.78 is 2.09. The number of aryl methyl sites for hydroxylation is 1. The van der Waals surface area contributed by atoms with Crippen molar-refractivity contribution in [3.05, 3.63) is 54.4 Å². The minimum Gasteiger partial charge on any atom is -0.388 e. The highest BCUT2D eigenvalue weighted by atomic mass is 16.3. The molecule has 0 spiro atoms. The van der Waals surface area contributed by atoms with Gasteiger partial charge in [0.2, 0.25) is 0 Å². The van der Waals surface area contributed by atoms with Crippen LogP contribution in [0, 0.1) is 0 Å². The molecule has 1 unspecified atom stereocenters. The summed E-state index contributed by atoms with van der Waals surface area (Å²) in [6.45, 7) is 3.05. The number of imidazole rings is 1. The first-order valence-corrected chi connectivity index (χ1v) is 7.16. The number of benzene rings is 1. The normalized spacial score (nSPS) is 12.7. The van der Waals surface area contributed by atoms with Crippen molar-refractivity contribution in [1.82, 2.24) is 19.5 Å². The molecule has 3 rings (SSSR count). The summed E-state index contributed by atoms with van der Waals surface area (Å²) in [5.74, 6) is 0.906. The fraction of sp³-hybridized carbons (Fsp3) is 0.312. The number of aliphatic hydroxyl groups is 1. The van der Waals surface area contributed by atoms with E-state index in [0.29, 0.717) is 6.42 Å². The lowest BCUT2D eigenvalue weighted by molar-refractivity contribution is 0.174. The van der Waals surface area contributed by atoms with E-state index in [1.165, 1.54) is 0 Å². The van der Waals surface area contributed by atoms with Crippen molar-refractivity contribution in [2.24, 2.45) is 0 Å². The van der Waals surface area contributed by atoms with Gasteiger partial charge in [-0.3, -0.25) is 9.97 Å². The van der Waals surface area contributed by atoms with Crippen molar-refractivity contribution in [3.8, 4) is 0 Å². The van der Waals surface area contributed by atoms with Gasteiger partial charge in [-0.2, -0.15) is 0 Å². The van der Waals surface area contributed by atoms with Crippen LogP contribution in [0.25, 0.3) is 11.0 Å². The van der Waals surface area contributed by atoms with Crippen LogP contribution in [0.15, 0.2) is 43.0 Å². The smallest absolute Gasteiger partial charge is 0.111 e. The molecule has 0 aliphatic rings. The third-order valence-electron chi connectivity index (χ3n) is 3.52. The standard InChI is InChI=1S/C16H18N4O/c1-2-8-20-9-7-19-16(20)11-15(21)12-3-4-13-14(10-12)18-6-5-17-13/h3-7,9-10,15,21H,2,8,11H2,1H3. The van der Waals surface area contributed by atoms with Crippen molar-refractivity contribution in [3.63, 3.8) is 0 Å². The number of rotatable bonds is 5. The molecule has 0 aliphatic carbocycles. The topological polar surface area (TPSA) is 63.8 Å². The molecule has 2 aromatic heterocycles. The number of aliphatic hydroxyl groups excluding tert-OH is 1. The Bertz CT molecular complexity index is 738. The zero-order chi connectivity index (χ0) is 14.7. The highest BCUT2D eigenvalue weighted by molar-refractivity contribution is 5.74. The second kappa shape index (κ2) is 6.01. The van der Waals surface area contributed by atoms with E-state index in [2.05, 4.69) is 26.4 Å². The molecule has 5 nitrogen and oxygen atoms in total. The summed E-state index contributed by atoms with van der Waals surface area (Å²) >= 11 is 0. The Labute approximate surface area is 123 Å². The van der Waals surface area contributed by atoms with Crippen LogP contribution in [-0.4, -0.2) is 24.6 Å². The average Bonchev–Trinajstić information content (AvgIpc) is 2.94. The molecule has 0 saturated heterocycles. The van der Waals surface area contributed by atoms with E-state index < -0.39 is 6.10 Å². The van der Waals surface area contributed by atoms with Gasteiger partial charge in [0.1, 0.15) is 5.82 Å². The van der Waals surface area contributed by atoms with Gasteiger partial charge < -0.3 is 9.67 Å². The molecule has 2 heterocycles. The van der Waals surface area contributed by atoms with Crippen LogP contribution in [-0.2, 0) is 13.0 Å². The molecule has 108 valence electrons. The van der Waals surface area contributed by atoms with E-state index in [-0.39, 0.29) is 0 Å². The Morgan fingerprint density at radius 3 is 2.71 bits per heavy atom. The van der Waals surface area contributed by atoms with Crippen LogP contribution in [0.4, 0.5) is 0 Å². The van der Waals surface area contributed by atoms with Crippen molar-refractivity contribution in [2.45, 2.75) is 32.4 Å². The highest BCUT2D eigenvalue weighted by Crippen LogP contribution is 2.20. The lowest BCUT2D eigenvalue weighted by Gasteiger charge is -2.12. The Morgan fingerprint density at radius 1 is 1.10 bits per heavy atom. The Balaban J connectivity index is 1.83. The summed E-state index contributed by atoms with van der Waals surface area (Å²) in [6, 6.07) is 5.67. The number of fused-ring (bicyclic) bond motifs is 1. The maximum Gasteiger partial charge on any atom is 0.111 e. The molecule has 0 saturated carbocycles. The van der Waals surface area contributed by atoms with Crippen LogP contribution < -0.4 is 0 Å². The number of aromatic nitrogens is 4. The molecule has 1 atom stereocenters. The van der Waals surface area contributed by atoms with Gasteiger partial charge in [0.15, 0.2) is 0 Å². The molecule has 3 aromatic rings. The van der Waals surface area contributed by atoms with E-state index in [9.17, 15) is 5.11 Å². The van der Waals surface area contributed by atoms with Gasteiger partial charge in [-0.25, -0.2) is 4.98 Å². The molecule has 0 radical (unpaired) electrons. The van der Waals surface area contributed by atoms with Crippen LogP contribution in [0.3, 0.4) is 0 Å². The van der Waals surface area contributed by atoms with Gasteiger partial charge >= 0.3 is 0 Å². The number of hydrogen-bond acceptors (Lipinski definition) is 4. The van der Waals surface area contributed by atoms with Crippen molar-refractivity contribution in [2.75, 3.05) is 0 Å². The maximum absolute atomic E-state index is 10.4. The molecule has 0 bridgehead atoms. The monoisotopic (exact) mass is 282 g/mol. The Kier molecular flexibility index (Phi) is 3.92. The predicted octanol–water partition coefficient (Wildman–Crippen LogP) is 2.51. The first kappa shape index (κ1) is 13.7. The maximum atomic E-state index is 10.4. The van der Waals surface area contributed by atoms with E-state index in [0.717, 1.165) is 35.4 Å². The Morgan fingerprint density at radius 2 is 1.90 bits per heavy atom. The van der Waals surface area contributed by atoms with Gasteiger partial charge in [-0.05, 0) is 24.1 Å². The highest BCUT2D eigenvalue weighted by Gasteiger charge is 2.13. The van der Waals surface area contributed by atoms with Gasteiger partial charge in [0.05, 0.1) is 17.1 Å². The van der Waals surface area contributed by atoms with Gasteiger partial charge in [-0.15, -0.1) is 0 Å². The van der Waals surface area contributed by atoms with Gasteiger partial charge in [0, 0.05) is 37.8 Å². The number of nitrogens with zero attached hydrogens (tertiary/aromatic N) is 4. The first-order valence-electron chi connectivity index (χ1n) is 7.16. The van der Waals surface area contributed by atoms with E-state index in [1.54, 1.807) is 18.6 Å². The third kappa shape index (κ3) is 2.92. The van der Waals surface area contributed by atoms with Gasteiger partial charge in [-0.1, -0.05) is 13.0 Å². The predicted molar refractivity (Wildman–Crippen MR) is 80.7 cm³/mol. The SMILES string of the molecule is CCCn1ccnc1CC(O)c1ccc2nccnc2c1. The zero-order valence-electron chi connectivity index (χ0n) is 12.0. The summed E-state index contributed by atoms with van der Waals surface area (Å²) in [4.78, 5) is 12.8. The molecule has 1 aromatic carbocycles. The second-order valence-electron chi connectivity index (χ2n) is 5.06. The van der Waals surface area contributed by atoms with E-state index >= 15 is 0 Å². The Hall–Kier alpha value is -2.27. The number of hydrogen-bond donors (Lipinski definition) is 1. The molecule has 0 amide bonds.